The summed E-state index contributed by atoms with van der Waals surface area (Å²) < 4.78 is 2.38. The van der Waals surface area contributed by atoms with Crippen molar-refractivity contribution >= 4 is 27.5 Å². The van der Waals surface area contributed by atoms with Crippen molar-refractivity contribution in [2.75, 3.05) is 0 Å². The van der Waals surface area contributed by atoms with E-state index in [-0.39, 0.29) is 0 Å². The zero-order valence-electron chi connectivity index (χ0n) is 8.43. The number of aliphatic hydroxyl groups is 1. The van der Waals surface area contributed by atoms with E-state index >= 15 is 0 Å². The summed E-state index contributed by atoms with van der Waals surface area (Å²) in [5.41, 5.74) is 1.22. The SMILES string of the molecule is Cn1nncc1C(O)c1cc(Br)ccc1Cl. The number of aryl methyl sites for hydroxylation is 1. The predicted molar refractivity (Wildman–Crippen MR) is 64.2 cm³/mol. The number of rotatable bonds is 2. The number of hydrogen-bond acceptors (Lipinski definition) is 3. The predicted octanol–water partition coefficient (Wildman–Crippen LogP) is 2.31. The summed E-state index contributed by atoms with van der Waals surface area (Å²) in [7, 11) is 1.72. The van der Waals surface area contributed by atoms with Crippen LogP contribution in [0, 0.1) is 0 Å². The molecule has 1 aromatic heterocycles. The standard InChI is InChI=1S/C10H9BrClN3O/c1-15-9(5-13-14-15)10(16)7-4-6(11)2-3-8(7)12/h2-5,10,16H,1H3. The Morgan fingerprint density at radius 2 is 2.25 bits per heavy atom. The van der Waals surface area contributed by atoms with Crippen LogP contribution >= 0.6 is 27.5 Å². The molecule has 4 nitrogen and oxygen atoms in total. The molecule has 1 heterocycles. The molecule has 2 rings (SSSR count). The van der Waals surface area contributed by atoms with Crippen LogP contribution in [0.15, 0.2) is 28.9 Å². The topological polar surface area (TPSA) is 50.9 Å². The van der Waals surface area contributed by atoms with Gasteiger partial charge in [-0.2, -0.15) is 0 Å². The summed E-state index contributed by atoms with van der Waals surface area (Å²) >= 11 is 9.37. The van der Waals surface area contributed by atoms with Crippen LogP contribution in [0.5, 0.6) is 0 Å². The summed E-state index contributed by atoms with van der Waals surface area (Å²) in [5.74, 6) is 0. The van der Waals surface area contributed by atoms with Gasteiger partial charge >= 0.3 is 0 Å². The van der Waals surface area contributed by atoms with Crippen molar-refractivity contribution in [3.05, 3.63) is 45.1 Å². The third-order valence-electron chi connectivity index (χ3n) is 2.28. The van der Waals surface area contributed by atoms with Crippen molar-refractivity contribution < 1.29 is 5.11 Å². The second-order valence-electron chi connectivity index (χ2n) is 3.35. The molecule has 0 bridgehead atoms. The van der Waals surface area contributed by atoms with Crippen LogP contribution in [0.1, 0.15) is 17.4 Å². The first-order valence-corrected chi connectivity index (χ1v) is 5.74. The van der Waals surface area contributed by atoms with Gasteiger partial charge in [-0.05, 0) is 18.2 Å². The summed E-state index contributed by atoms with van der Waals surface area (Å²) in [5, 5.41) is 18.2. The molecule has 0 spiro atoms. The summed E-state index contributed by atoms with van der Waals surface area (Å²) in [6, 6.07) is 5.33. The lowest BCUT2D eigenvalue weighted by Crippen LogP contribution is -2.07. The smallest absolute Gasteiger partial charge is 0.124 e. The van der Waals surface area contributed by atoms with Crippen LogP contribution in [0.4, 0.5) is 0 Å². The second kappa shape index (κ2) is 4.53. The van der Waals surface area contributed by atoms with Gasteiger partial charge in [0.2, 0.25) is 0 Å². The quantitative estimate of drug-likeness (QED) is 0.926. The second-order valence-corrected chi connectivity index (χ2v) is 4.67. The fourth-order valence-electron chi connectivity index (χ4n) is 1.43. The number of benzene rings is 1. The highest BCUT2D eigenvalue weighted by molar-refractivity contribution is 9.10. The van der Waals surface area contributed by atoms with Crippen LogP contribution in [-0.4, -0.2) is 20.1 Å². The Hall–Kier alpha value is -0.910. The molecule has 2 aromatic rings. The van der Waals surface area contributed by atoms with E-state index in [2.05, 4.69) is 26.2 Å². The van der Waals surface area contributed by atoms with Gasteiger partial charge in [-0.25, -0.2) is 4.68 Å². The van der Waals surface area contributed by atoms with Gasteiger partial charge in [0.05, 0.1) is 11.9 Å². The van der Waals surface area contributed by atoms with E-state index in [1.807, 2.05) is 6.07 Å². The molecule has 0 fully saturated rings. The van der Waals surface area contributed by atoms with E-state index in [0.29, 0.717) is 16.3 Å². The van der Waals surface area contributed by atoms with Crippen molar-refractivity contribution in [3.63, 3.8) is 0 Å². The molecule has 0 amide bonds. The molecule has 0 aliphatic rings. The van der Waals surface area contributed by atoms with E-state index in [1.54, 1.807) is 19.2 Å². The van der Waals surface area contributed by atoms with Gasteiger partial charge in [-0.15, -0.1) is 5.10 Å². The van der Waals surface area contributed by atoms with E-state index in [9.17, 15) is 5.11 Å². The van der Waals surface area contributed by atoms with Crippen LogP contribution in [0.25, 0.3) is 0 Å². The Bertz CT molecular complexity index is 515. The lowest BCUT2D eigenvalue weighted by molar-refractivity contribution is 0.210. The van der Waals surface area contributed by atoms with Gasteiger partial charge in [0.1, 0.15) is 6.10 Å². The molecular formula is C10H9BrClN3O. The van der Waals surface area contributed by atoms with E-state index in [1.165, 1.54) is 10.9 Å². The van der Waals surface area contributed by atoms with Gasteiger partial charge in [0.25, 0.3) is 0 Å². The molecule has 0 saturated carbocycles. The lowest BCUT2D eigenvalue weighted by atomic mass is 10.1. The van der Waals surface area contributed by atoms with Crippen molar-refractivity contribution in [1.29, 1.82) is 0 Å². The zero-order valence-corrected chi connectivity index (χ0v) is 10.8. The molecule has 0 aliphatic heterocycles. The van der Waals surface area contributed by atoms with Crippen LogP contribution < -0.4 is 0 Å². The maximum absolute atomic E-state index is 10.2. The number of halogens is 2. The third kappa shape index (κ3) is 2.11. The van der Waals surface area contributed by atoms with E-state index in [4.69, 9.17) is 11.6 Å². The number of aliphatic hydroxyl groups excluding tert-OH is 1. The van der Waals surface area contributed by atoms with Gasteiger partial charge < -0.3 is 5.11 Å². The Morgan fingerprint density at radius 3 is 2.88 bits per heavy atom. The molecule has 6 heteroatoms. The largest absolute Gasteiger partial charge is 0.382 e. The minimum atomic E-state index is -0.829. The van der Waals surface area contributed by atoms with Crippen molar-refractivity contribution in [2.45, 2.75) is 6.10 Å². The summed E-state index contributed by atoms with van der Waals surface area (Å²) in [6.45, 7) is 0. The van der Waals surface area contributed by atoms with E-state index in [0.717, 1.165) is 4.47 Å². The fourth-order valence-corrected chi connectivity index (χ4v) is 2.03. The highest BCUT2D eigenvalue weighted by atomic mass is 79.9. The summed E-state index contributed by atoms with van der Waals surface area (Å²) in [6.07, 6.45) is 0.687. The van der Waals surface area contributed by atoms with Gasteiger partial charge in [-0.3, -0.25) is 0 Å². The van der Waals surface area contributed by atoms with Gasteiger partial charge in [0, 0.05) is 22.1 Å². The fraction of sp³-hybridized carbons (Fsp3) is 0.200. The Morgan fingerprint density at radius 1 is 1.50 bits per heavy atom. The minimum Gasteiger partial charge on any atom is -0.382 e. The molecule has 0 aliphatic carbocycles. The molecule has 0 saturated heterocycles. The first-order chi connectivity index (χ1) is 7.59. The molecule has 1 aromatic carbocycles. The van der Waals surface area contributed by atoms with Crippen LogP contribution in [0.3, 0.4) is 0 Å². The van der Waals surface area contributed by atoms with Crippen LogP contribution in [-0.2, 0) is 7.05 Å². The Kier molecular flexibility index (Phi) is 3.28. The maximum Gasteiger partial charge on any atom is 0.124 e. The highest BCUT2D eigenvalue weighted by Crippen LogP contribution is 2.29. The van der Waals surface area contributed by atoms with Gasteiger partial charge in [0.15, 0.2) is 0 Å². The molecular weight excluding hydrogens is 293 g/mol. The zero-order chi connectivity index (χ0) is 11.7. The normalized spacial score (nSPS) is 12.8. The average molecular weight is 303 g/mol. The number of aromatic nitrogens is 3. The van der Waals surface area contributed by atoms with Crippen molar-refractivity contribution in [3.8, 4) is 0 Å². The molecule has 0 radical (unpaired) electrons. The van der Waals surface area contributed by atoms with E-state index < -0.39 is 6.10 Å². The summed E-state index contributed by atoms with van der Waals surface area (Å²) in [4.78, 5) is 0. The van der Waals surface area contributed by atoms with Gasteiger partial charge in [-0.1, -0.05) is 32.7 Å². The van der Waals surface area contributed by atoms with Crippen molar-refractivity contribution in [2.24, 2.45) is 7.05 Å². The third-order valence-corrected chi connectivity index (χ3v) is 3.12. The number of nitrogens with zero attached hydrogens (tertiary/aromatic N) is 3. The Labute approximate surface area is 106 Å². The highest BCUT2D eigenvalue weighted by Gasteiger charge is 2.17. The monoisotopic (exact) mass is 301 g/mol. The first-order valence-electron chi connectivity index (χ1n) is 4.57. The Balaban J connectivity index is 2.45. The molecule has 1 N–H and O–H groups in total. The van der Waals surface area contributed by atoms with Crippen LogP contribution in [0.2, 0.25) is 5.02 Å². The molecule has 1 atom stereocenters. The molecule has 16 heavy (non-hydrogen) atoms. The van der Waals surface area contributed by atoms with Crippen molar-refractivity contribution in [1.82, 2.24) is 15.0 Å². The minimum absolute atomic E-state index is 0.511. The molecule has 1 unspecified atom stereocenters. The maximum atomic E-state index is 10.2. The lowest BCUT2D eigenvalue weighted by Gasteiger charge is -2.12. The first kappa shape index (κ1) is 11.6. The number of hydrogen-bond donors (Lipinski definition) is 1. The molecule has 84 valence electrons. The average Bonchev–Trinajstić information content (AvgIpc) is 2.67.